The quantitative estimate of drug-likeness (QED) is 0.333. The van der Waals surface area contributed by atoms with Gasteiger partial charge in [-0.2, -0.15) is 5.26 Å². The standard InChI is InChI=1S/C30H30F2N6O3/c1-30(2,3)41-29(39)35-21-9-12-37(13-10-21)28-36-26(19-5-6-20(17-33)22(31)16-19)25(27-34-11-14-38(27)28)18-7-8-24(40-4)23(32)15-18/h5-8,11,14-16,21H,9-10,12-13H2,1-4H3,(H,35,39). The SMILES string of the molecule is COc1ccc(-c2c(-c3ccc(C#N)c(F)c3)nc(N3CCC(NC(=O)OC(C)(C)C)CC3)n3ccnc23)cc1F. The molecule has 1 aliphatic rings. The van der Waals surface area contributed by atoms with E-state index in [0.717, 1.165) is 0 Å². The van der Waals surface area contributed by atoms with Crippen molar-refractivity contribution < 1.29 is 23.0 Å². The molecule has 0 bridgehead atoms. The number of nitriles is 1. The normalized spacial score (nSPS) is 14.1. The number of hydrogen-bond donors (Lipinski definition) is 1. The van der Waals surface area contributed by atoms with Crippen LogP contribution in [0.25, 0.3) is 28.0 Å². The Labute approximate surface area is 236 Å². The van der Waals surface area contributed by atoms with Crippen LogP contribution < -0.4 is 15.0 Å². The van der Waals surface area contributed by atoms with E-state index in [2.05, 4.69) is 15.2 Å². The van der Waals surface area contributed by atoms with Crippen LogP contribution in [-0.2, 0) is 4.74 Å². The average Bonchev–Trinajstić information content (AvgIpc) is 3.41. The molecule has 1 aliphatic heterocycles. The molecule has 41 heavy (non-hydrogen) atoms. The van der Waals surface area contributed by atoms with E-state index in [-0.39, 0.29) is 17.4 Å². The lowest BCUT2D eigenvalue weighted by atomic mass is 9.98. The third-order valence-electron chi connectivity index (χ3n) is 6.83. The number of fused-ring (bicyclic) bond motifs is 1. The summed E-state index contributed by atoms with van der Waals surface area (Å²) in [6.45, 7) is 6.62. The molecular weight excluding hydrogens is 530 g/mol. The number of ether oxygens (including phenoxy) is 2. The van der Waals surface area contributed by atoms with Crippen LogP contribution in [0.2, 0.25) is 0 Å². The summed E-state index contributed by atoms with van der Waals surface area (Å²) in [6, 6.07) is 10.6. The number of halogens is 2. The fourth-order valence-electron chi connectivity index (χ4n) is 4.94. The van der Waals surface area contributed by atoms with Crippen LogP contribution >= 0.6 is 0 Å². The smallest absolute Gasteiger partial charge is 0.407 e. The number of carbonyl (C=O) groups is 1. The minimum Gasteiger partial charge on any atom is -0.494 e. The molecule has 0 unspecified atom stereocenters. The number of aromatic nitrogens is 3. The molecule has 9 nitrogen and oxygen atoms in total. The van der Waals surface area contributed by atoms with E-state index >= 15 is 0 Å². The second-order valence-electron chi connectivity index (χ2n) is 10.8. The molecule has 5 rings (SSSR count). The maximum atomic E-state index is 14.8. The molecule has 2 aromatic carbocycles. The first-order valence-corrected chi connectivity index (χ1v) is 13.2. The van der Waals surface area contributed by atoms with E-state index in [9.17, 15) is 18.8 Å². The molecule has 4 aromatic rings. The summed E-state index contributed by atoms with van der Waals surface area (Å²) in [4.78, 5) is 23.9. The summed E-state index contributed by atoms with van der Waals surface area (Å²) < 4.78 is 41.9. The monoisotopic (exact) mass is 560 g/mol. The first-order valence-electron chi connectivity index (χ1n) is 13.2. The lowest BCUT2D eigenvalue weighted by Gasteiger charge is -2.34. The van der Waals surface area contributed by atoms with Crippen LogP contribution in [0.5, 0.6) is 5.75 Å². The lowest BCUT2D eigenvalue weighted by molar-refractivity contribution is 0.0497. The molecular formula is C30H30F2N6O3. The van der Waals surface area contributed by atoms with Crippen molar-refractivity contribution in [2.45, 2.75) is 45.3 Å². The molecule has 0 saturated carbocycles. The van der Waals surface area contributed by atoms with Crippen LogP contribution in [-0.4, -0.2) is 52.3 Å². The largest absolute Gasteiger partial charge is 0.494 e. The number of anilines is 1. The number of amides is 1. The molecule has 1 amide bonds. The second kappa shape index (κ2) is 11.0. The predicted octanol–water partition coefficient (Wildman–Crippen LogP) is 5.72. The predicted molar refractivity (Wildman–Crippen MR) is 150 cm³/mol. The minimum absolute atomic E-state index is 0.0620. The first kappa shape index (κ1) is 27.8. The minimum atomic E-state index is -0.683. The number of piperidine rings is 1. The zero-order valence-electron chi connectivity index (χ0n) is 23.2. The summed E-state index contributed by atoms with van der Waals surface area (Å²) in [5.41, 5.74) is 1.63. The molecule has 0 spiro atoms. The number of imidazole rings is 1. The topological polar surface area (TPSA) is 105 Å². The van der Waals surface area contributed by atoms with Gasteiger partial charge in [0.15, 0.2) is 11.6 Å². The van der Waals surface area contributed by atoms with Crippen molar-refractivity contribution in [3.8, 4) is 34.2 Å². The van der Waals surface area contributed by atoms with Crippen molar-refractivity contribution >= 4 is 17.7 Å². The number of alkyl carbamates (subject to hydrolysis) is 1. The first-order chi connectivity index (χ1) is 19.6. The average molecular weight is 561 g/mol. The van der Waals surface area contributed by atoms with Crippen molar-refractivity contribution in [2.75, 3.05) is 25.1 Å². The van der Waals surface area contributed by atoms with Gasteiger partial charge in [0.25, 0.3) is 0 Å². The Morgan fingerprint density at radius 1 is 1.10 bits per heavy atom. The van der Waals surface area contributed by atoms with Gasteiger partial charge in [0.05, 0.1) is 23.9 Å². The Bertz CT molecular complexity index is 1650. The van der Waals surface area contributed by atoms with Crippen LogP contribution in [0, 0.1) is 23.0 Å². The Kier molecular flexibility index (Phi) is 7.49. The van der Waals surface area contributed by atoms with Crippen LogP contribution in [0.4, 0.5) is 19.5 Å². The van der Waals surface area contributed by atoms with E-state index in [1.165, 1.54) is 31.4 Å². The fraction of sp³-hybridized carbons (Fsp3) is 0.333. The summed E-state index contributed by atoms with van der Waals surface area (Å²) in [6.07, 6.45) is 4.26. The van der Waals surface area contributed by atoms with Crippen molar-refractivity contribution in [3.63, 3.8) is 0 Å². The second-order valence-corrected chi connectivity index (χ2v) is 10.8. The highest BCUT2D eigenvalue weighted by molar-refractivity contribution is 5.91. The molecule has 3 heterocycles. The Hall–Kier alpha value is -4.72. The highest BCUT2D eigenvalue weighted by Gasteiger charge is 2.28. The number of nitrogens with zero attached hydrogens (tertiary/aromatic N) is 5. The molecule has 2 aromatic heterocycles. The van der Waals surface area contributed by atoms with Crippen LogP contribution in [0.1, 0.15) is 39.2 Å². The highest BCUT2D eigenvalue weighted by Crippen LogP contribution is 2.38. The summed E-state index contributed by atoms with van der Waals surface area (Å²) in [7, 11) is 1.39. The van der Waals surface area contributed by atoms with E-state index in [1.54, 1.807) is 24.5 Å². The number of carbonyl (C=O) groups excluding carboxylic acids is 1. The maximum absolute atomic E-state index is 14.8. The lowest BCUT2D eigenvalue weighted by Crippen LogP contribution is -2.46. The van der Waals surface area contributed by atoms with Crippen molar-refractivity contribution in [1.29, 1.82) is 5.26 Å². The van der Waals surface area contributed by atoms with Gasteiger partial charge in [-0.3, -0.25) is 4.40 Å². The Morgan fingerprint density at radius 2 is 1.80 bits per heavy atom. The number of rotatable bonds is 5. The molecule has 0 radical (unpaired) electrons. The number of hydrogen-bond acceptors (Lipinski definition) is 7. The van der Waals surface area contributed by atoms with Gasteiger partial charge in [-0.25, -0.2) is 23.5 Å². The van der Waals surface area contributed by atoms with Gasteiger partial charge in [0, 0.05) is 37.1 Å². The van der Waals surface area contributed by atoms with Crippen molar-refractivity contribution in [3.05, 3.63) is 66.0 Å². The van der Waals surface area contributed by atoms with E-state index in [4.69, 9.17) is 14.5 Å². The Balaban J connectivity index is 1.56. The summed E-state index contributed by atoms with van der Waals surface area (Å²) >= 11 is 0. The summed E-state index contributed by atoms with van der Waals surface area (Å²) in [5.74, 6) is -0.579. The zero-order chi connectivity index (χ0) is 29.3. The van der Waals surface area contributed by atoms with Gasteiger partial charge in [-0.15, -0.1) is 0 Å². The molecule has 0 aliphatic carbocycles. The summed E-state index contributed by atoms with van der Waals surface area (Å²) in [5, 5.41) is 12.2. The van der Waals surface area contributed by atoms with Crippen LogP contribution in [0.3, 0.4) is 0 Å². The third-order valence-corrected chi connectivity index (χ3v) is 6.83. The maximum Gasteiger partial charge on any atom is 0.407 e. The Morgan fingerprint density at radius 3 is 2.44 bits per heavy atom. The molecule has 0 atom stereocenters. The molecule has 212 valence electrons. The molecule has 1 N–H and O–H groups in total. The van der Waals surface area contributed by atoms with E-state index in [1.807, 2.05) is 31.2 Å². The molecule has 1 fully saturated rings. The van der Waals surface area contributed by atoms with Gasteiger partial charge in [-0.1, -0.05) is 12.1 Å². The zero-order valence-corrected chi connectivity index (χ0v) is 23.2. The van der Waals surface area contributed by atoms with Crippen molar-refractivity contribution in [2.24, 2.45) is 0 Å². The number of benzene rings is 2. The van der Waals surface area contributed by atoms with Gasteiger partial charge in [-0.05, 0) is 63.4 Å². The van der Waals surface area contributed by atoms with Gasteiger partial charge < -0.3 is 19.7 Å². The third kappa shape index (κ3) is 5.77. The number of nitrogens with one attached hydrogen (secondary N) is 1. The van der Waals surface area contributed by atoms with E-state index < -0.39 is 23.3 Å². The van der Waals surface area contributed by atoms with Gasteiger partial charge in [0.2, 0.25) is 5.95 Å². The fourth-order valence-corrected chi connectivity index (χ4v) is 4.94. The van der Waals surface area contributed by atoms with Gasteiger partial charge in [0.1, 0.15) is 23.1 Å². The highest BCUT2D eigenvalue weighted by atomic mass is 19.1. The van der Waals surface area contributed by atoms with E-state index in [0.29, 0.717) is 59.9 Å². The number of methoxy groups -OCH3 is 1. The van der Waals surface area contributed by atoms with Crippen molar-refractivity contribution in [1.82, 2.24) is 19.7 Å². The molecule has 1 saturated heterocycles. The van der Waals surface area contributed by atoms with Crippen LogP contribution in [0.15, 0.2) is 48.8 Å². The molecule has 11 heteroatoms. The van der Waals surface area contributed by atoms with Gasteiger partial charge >= 0.3 is 6.09 Å².